The number of nitrogens with zero attached hydrogens (tertiary/aromatic N) is 1. The Hall–Kier alpha value is -0.860. The molecule has 2 nitrogen and oxygen atoms in total. The third kappa shape index (κ3) is 3.17. The van der Waals surface area contributed by atoms with Crippen LogP contribution in [0.4, 0.5) is 0 Å². The van der Waals surface area contributed by atoms with Crippen molar-refractivity contribution in [1.82, 2.24) is 4.90 Å². The summed E-state index contributed by atoms with van der Waals surface area (Å²) in [6.45, 7) is 1.32. The second kappa shape index (κ2) is 5.73. The molecule has 3 aliphatic carbocycles. The van der Waals surface area contributed by atoms with E-state index in [1.54, 1.807) is 0 Å². The highest BCUT2D eigenvalue weighted by atomic mass is 15.2. The quantitative estimate of drug-likeness (QED) is 0.896. The van der Waals surface area contributed by atoms with Crippen molar-refractivity contribution in [2.75, 3.05) is 6.54 Å². The second-order valence-corrected chi connectivity index (χ2v) is 7.52. The van der Waals surface area contributed by atoms with Crippen LogP contribution in [0.1, 0.15) is 56.4 Å². The molecule has 3 atom stereocenters. The van der Waals surface area contributed by atoms with E-state index in [-0.39, 0.29) is 0 Å². The van der Waals surface area contributed by atoms with Crippen molar-refractivity contribution in [1.29, 1.82) is 0 Å². The number of benzene rings is 1. The lowest BCUT2D eigenvalue weighted by atomic mass is 9.78. The van der Waals surface area contributed by atoms with Crippen molar-refractivity contribution in [3.05, 3.63) is 35.9 Å². The third-order valence-electron chi connectivity index (χ3n) is 5.75. The molecule has 0 heterocycles. The number of rotatable bonds is 5. The summed E-state index contributed by atoms with van der Waals surface area (Å²) in [7, 11) is 0. The van der Waals surface area contributed by atoms with Gasteiger partial charge in [0.2, 0.25) is 0 Å². The molecule has 0 saturated heterocycles. The van der Waals surface area contributed by atoms with Crippen molar-refractivity contribution >= 4 is 0 Å². The molecule has 1 aromatic rings. The molecule has 0 amide bonds. The van der Waals surface area contributed by atoms with Gasteiger partial charge >= 0.3 is 0 Å². The lowest BCUT2D eigenvalue weighted by Gasteiger charge is -2.42. The van der Waals surface area contributed by atoms with Gasteiger partial charge in [-0.05, 0) is 62.3 Å². The molecule has 3 saturated carbocycles. The van der Waals surface area contributed by atoms with Crippen LogP contribution >= 0.6 is 0 Å². The first-order valence-corrected chi connectivity index (χ1v) is 8.87. The maximum Gasteiger partial charge on any atom is 0.0256 e. The summed E-state index contributed by atoms with van der Waals surface area (Å²) >= 11 is 0. The first kappa shape index (κ1) is 13.8. The van der Waals surface area contributed by atoms with Crippen molar-refractivity contribution in [2.45, 2.75) is 69.0 Å². The highest BCUT2D eigenvalue weighted by Crippen LogP contribution is 2.41. The van der Waals surface area contributed by atoms with Crippen LogP contribution < -0.4 is 5.73 Å². The Labute approximate surface area is 128 Å². The summed E-state index contributed by atoms with van der Waals surface area (Å²) in [5.74, 6) is 1.70. The molecule has 4 rings (SSSR count). The van der Waals surface area contributed by atoms with Crippen LogP contribution in [-0.2, 0) is 0 Å². The van der Waals surface area contributed by atoms with E-state index in [2.05, 4.69) is 35.2 Å². The van der Waals surface area contributed by atoms with Crippen LogP contribution in [-0.4, -0.2) is 29.6 Å². The van der Waals surface area contributed by atoms with Crippen molar-refractivity contribution in [3.63, 3.8) is 0 Å². The monoisotopic (exact) mass is 284 g/mol. The Morgan fingerprint density at radius 3 is 2.38 bits per heavy atom. The lowest BCUT2D eigenvalue weighted by molar-refractivity contribution is 0.114. The number of hydrogen-bond acceptors (Lipinski definition) is 2. The highest BCUT2D eigenvalue weighted by Gasteiger charge is 2.41. The van der Waals surface area contributed by atoms with Crippen LogP contribution in [0.25, 0.3) is 0 Å². The van der Waals surface area contributed by atoms with Crippen LogP contribution in [0.5, 0.6) is 0 Å². The zero-order valence-electron chi connectivity index (χ0n) is 13.0. The summed E-state index contributed by atoms with van der Waals surface area (Å²) in [6, 6.07) is 13.0. The lowest BCUT2D eigenvalue weighted by Crippen LogP contribution is -2.52. The van der Waals surface area contributed by atoms with Crippen LogP contribution in [0.3, 0.4) is 0 Å². The van der Waals surface area contributed by atoms with Crippen LogP contribution in [0.2, 0.25) is 0 Å². The summed E-state index contributed by atoms with van der Waals surface area (Å²) in [6.07, 6.45) is 9.45. The van der Waals surface area contributed by atoms with Gasteiger partial charge in [-0.25, -0.2) is 0 Å². The van der Waals surface area contributed by atoms with Crippen LogP contribution in [0, 0.1) is 5.92 Å². The zero-order valence-corrected chi connectivity index (χ0v) is 13.0. The molecular weight excluding hydrogens is 256 g/mol. The van der Waals surface area contributed by atoms with Gasteiger partial charge in [-0.2, -0.15) is 0 Å². The van der Waals surface area contributed by atoms with Gasteiger partial charge in [0.25, 0.3) is 0 Å². The molecule has 21 heavy (non-hydrogen) atoms. The minimum Gasteiger partial charge on any atom is -0.326 e. The minimum absolute atomic E-state index is 0.393. The van der Waals surface area contributed by atoms with Crippen LogP contribution in [0.15, 0.2) is 30.3 Å². The fourth-order valence-corrected chi connectivity index (χ4v) is 4.14. The van der Waals surface area contributed by atoms with Gasteiger partial charge in [-0.1, -0.05) is 30.3 Å². The summed E-state index contributed by atoms with van der Waals surface area (Å²) in [4.78, 5) is 2.82. The maximum atomic E-state index is 6.54. The van der Waals surface area contributed by atoms with E-state index >= 15 is 0 Å². The summed E-state index contributed by atoms with van der Waals surface area (Å²) < 4.78 is 0. The Bertz CT molecular complexity index is 464. The van der Waals surface area contributed by atoms with E-state index in [0.29, 0.717) is 12.1 Å². The van der Waals surface area contributed by atoms with Gasteiger partial charge in [0.15, 0.2) is 0 Å². The van der Waals surface area contributed by atoms with E-state index in [1.165, 1.54) is 57.1 Å². The van der Waals surface area contributed by atoms with Gasteiger partial charge in [-0.15, -0.1) is 0 Å². The van der Waals surface area contributed by atoms with Crippen molar-refractivity contribution < 1.29 is 0 Å². The molecule has 114 valence electrons. The normalized spacial score (nSPS) is 33.3. The first-order chi connectivity index (χ1) is 10.3. The minimum atomic E-state index is 0.393. The largest absolute Gasteiger partial charge is 0.326 e. The summed E-state index contributed by atoms with van der Waals surface area (Å²) in [5.41, 5.74) is 8.06. The van der Waals surface area contributed by atoms with Gasteiger partial charge in [0.05, 0.1) is 0 Å². The van der Waals surface area contributed by atoms with E-state index in [9.17, 15) is 0 Å². The van der Waals surface area contributed by atoms with E-state index in [0.717, 1.165) is 17.9 Å². The Balaban J connectivity index is 1.49. The Morgan fingerprint density at radius 2 is 1.71 bits per heavy atom. The summed E-state index contributed by atoms with van der Waals surface area (Å²) in [5, 5.41) is 0. The molecule has 2 N–H and O–H groups in total. The van der Waals surface area contributed by atoms with Gasteiger partial charge in [0, 0.05) is 24.7 Å². The van der Waals surface area contributed by atoms with Crippen molar-refractivity contribution in [3.8, 4) is 0 Å². The zero-order chi connectivity index (χ0) is 14.2. The topological polar surface area (TPSA) is 29.3 Å². The molecule has 2 heteroatoms. The van der Waals surface area contributed by atoms with Gasteiger partial charge in [-0.3, -0.25) is 4.90 Å². The highest BCUT2D eigenvalue weighted by molar-refractivity contribution is 5.21. The molecule has 1 aromatic carbocycles. The Kier molecular flexibility index (Phi) is 3.76. The number of nitrogens with two attached hydrogens (primary N) is 1. The average molecular weight is 284 g/mol. The maximum absolute atomic E-state index is 6.54. The smallest absolute Gasteiger partial charge is 0.0256 e. The van der Waals surface area contributed by atoms with E-state index in [1.807, 2.05) is 0 Å². The molecule has 3 aliphatic rings. The molecular formula is C19H28N2. The standard InChI is InChI=1S/C19H28N2/c20-18-11-8-16(15-4-2-1-3-5-15)12-19(18)21(17-9-10-17)13-14-6-7-14/h1-5,14,16-19H,6-13,20H2. The molecule has 0 bridgehead atoms. The average Bonchev–Trinajstić information content (AvgIpc) is 3.39. The number of hydrogen-bond donors (Lipinski definition) is 1. The van der Waals surface area contributed by atoms with E-state index in [4.69, 9.17) is 5.73 Å². The van der Waals surface area contributed by atoms with Gasteiger partial charge < -0.3 is 5.73 Å². The fourth-order valence-electron chi connectivity index (χ4n) is 4.14. The SMILES string of the molecule is NC1CCC(c2ccccc2)CC1N(CC1CC1)C1CC1. The molecule has 0 aromatic heterocycles. The molecule has 0 aliphatic heterocycles. The van der Waals surface area contributed by atoms with Crippen molar-refractivity contribution in [2.24, 2.45) is 11.7 Å². The molecule has 0 spiro atoms. The molecule has 0 radical (unpaired) electrons. The van der Waals surface area contributed by atoms with E-state index < -0.39 is 0 Å². The Morgan fingerprint density at radius 1 is 0.952 bits per heavy atom. The predicted molar refractivity (Wildman–Crippen MR) is 87.2 cm³/mol. The first-order valence-electron chi connectivity index (χ1n) is 8.87. The second-order valence-electron chi connectivity index (χ2n) is 7.52. The van der Waals surface area contributed by atoms with Gasteiger partial charge in [0.1, 0.15) is 0 Å². The fraction of sp³-hybridized carbons (Fsp3) is 0.684. The third-order valence-corrected chi connectivity index (χ3v) is 5.75. The molecule has 3 unspecified atom stereocenters. The predicted octanol–water partition coefficient (Wildman–Crippen LogP) is 3.52. The molecule has 3 fully saturated rings.